The van der Waals surface area contributed by atoms with Crippen LogP contribution < -0.4 is 15.4 Å². The molecule has 1 amide bonds. The Hall–Kier alpha value is -2.35. The number of hydrogen-bond acceptors (Lipinski definition) is 6. The van der Waals surface area contributed by atoms with Crippen LogP contribution in [0, 0.1) is 11.8 Å². The predicted octanol–water partition coefficient (Wildman–Crippen LogP) is 4.37. The molecule has 0 spiro atoms. The first-order chi connectivity index (χ1) is 16.4. The number of pyridine rings is 1. The third-order valence-electron chi connectivity index (χ3n) is 6.67. The van der Waals surface area contributed by atoms with Gasteiger partial charge in [0.25, 0.3) is 5.91 Å². The van der Waals surface area contributed by atoms with Gasteiger partial charge in [0.2, 0.25) is 0 Å². The first-order valence-electron chi connectivity index (χ1n) is 12.0. The zero-order chi connectivity index (χ0) is 24.5. The van der Waals surface area contributed by atoms with Gasteiger partial charge in [0.1, 0.15) is 11.6 Å². The summed E-state index contributed by atoms with van der Waals surface area (Å²) in [5.41, 5.74) is 2.38. The molecule has 34 heavy (non-hydrogen) atoms. The minimum Gasteiger partial charge on any atom is -0.496 e. The molecule has 0 bridgehead atoms. The highest BCUT2D eigenvalue weighted by Gasteiger charge is 2.22. The number of aliphatic hydroxyl groups is 2. The number of methoxy groups -OCH3 is 1. The number of aromatic nitrogens is 1. The summed E-state index contributed by atoms with van der Waals surface area (Å²) in [7, 11) is 1.62. The highest BCUT2D eigenvalue weighted by molar-refractivity contribution is 6.33. The topological polar surface area (TPSA) is 104 Å². The van der Waals surface area contributed by atoms with Crippen molar-refractivity contribution in [2.75, 3.05) is 32.2 Å². The molecule has 1 aromatic carbocycles. The van der Waals surface area contributed by atoms with Gasteiger partial charge in [-0.2, -0.15) is 0 Å². The molecule has 1 aliphatic rings. The third kappa shape index (κ3) is 7.08. The van der Waals surface area contributed by atoms with E-state index < -0.39 is 0 Å². The van der Waals surface area contributed by atoms with Crippen molar-refractivity contribution in [2.45, 2.75) is 51.5 Å². The van der Waals surface area contributed by atoms with Crippen molar-refractivity contribution in [3.8, 4) is 5.75 Å². The van der Waals surface area contributed by atoms with Crippen LogP contribution in [0.1, 0.15) is 66.6 Å². The van der Waals surface area contributed by atoms with Gasteiger partial charge < -0.3 is 25.6 Å². The summed E-state index contributed by atoms with van der Waals surface area (Å²) in [4.78, 5) is 17.0. The van der Waals surface area contributed by atoms with Crippen molar-refractivity contribution >= 4 is 23.3 Å². The van der Waals surface area contributed by atoms with Crippen LogP contribution in [-0.2, 0) is 6.42 Å². The normalized spacial score (nSPS) is 18.9. The van der Waals surface area contributed by atoms with Gasteiger partial charge in [0.15, 0.2) is 0 Å². The van der Waals surface area contributed by atoms with Crippen LogP contribution in [0.5, 0.6) is 5.75 Å². The van der Waals surface area contributed by atoms with Gasteiger partial charge in [-0.1, -0.05) is 30.5 Å². The molecule has 8 heteroatoms. The maximum Gasteiger partial charge on any atom is 0.252 e. The molecule has 1 aliphatic carbocycles. The van der Waals surface area contributed by atoms with E-state index in [1.807, 2.05) is 25.1 Å². The Balaban J connectivity index is 1.58. The summed E-state index contributed by atoms with van der Waals surface area (Å²) in [5.74, 6) is 2.13. The maximum atomic E-state index is 12.6. The number of carbonyl (C=O) groups excluding carboxylic acids is 1. The molecule has 1 aromatic heterocycles. The predicted molar refractivity (Wildman–Crippen MR) is 135 cm³/mol. The number of carbonyl (C=O) groups is 1. The Kier molecular flexibility index (Phi) is 9.99. The van der Waals surface area contributed by atoms with E-state index in [2.05, 4.69) is 15.6 Å². The minimum atomic E-state index is -0.176. The van der Waals surface area contributed by atoms with E-state index >= 15 is 0 Å². The van der Waals surface area contributed by atoms with Crippen LogP contribution in [0.2, 0.25) is 5.02 Å². The maximum absolute atomic E-state index is 12.6. The molecule has 0 aliphatic heterocycles. The molecule has 2 aromatic rings. The molecule has 186 valence electrons. The minimum absolute atomic E-state index is 0.0788. The molecule has 1 atom stereocenters. The number of hydrogen-bond donors (Lipinski definition) is 4. The van der Waals surface area contributed by atoms with Gasteiger partial charge in [-0.05, 0) is 68.2 Å². The molecular weight excluding hydrogens is 454 g/mol. The third-order valence-corrected chi connectivity index (χ3v) is 6.96. The standard InChI is InChI=1S/C26H36ClN3O4/c1-17(22-13-19(10-12-32)7-8-24(22)34-2)30-25-23(27)14-21(16-28-25)26(33)29-15-20-5-3-18(4-6-20)9-11-31/h7-8,13-14,16-18,20,31-32H,3-6,9-12,15H2,1-2H3,(H,28,30)(H,29,33). The van der Waals surface area contributed by atoms with E-state index in [0.717, 1.165) is 49.0 Å². The zero-order valence-electron chi connectivity index (χ0n) is 20.0. The summed E-state index contributed by atoms with van der Waals surface area (Å²) >= 11 is 6.46. The van der Waals surface area contributed by atoms with Gasteiger partial charge in [0.05, 0.1) is 23.7 Å². The number of nitrogens with one attached hydrogen (secondary N) is 2. The lowest BCUT2D eigenvalue weighted by molar-refractivity contribution is 0.0940. The van der Waals surface area contributed by atoms with Crippen LogP contribution in [0.15, 0.2) is 30.5 Å². The number of rotatable bonds is 11. The summed E-state index contributed by atoms with van der Waals surface area (Å²) in [6, 6.07) is 7.31. The van der Waals surface area contributed by atoms with Gasteiger partial charge in [-0.25, -0.2) is 4.98 Å². The molecule has 1 heterocycles. The Labute approximate surface area is 206 Å². The van der Waals surface area contributed by atoms with E-state index in [-0.39, 0.29) is 25.2 Å². The van der Waals surface area contributed by atoms with E-state index in [1.54, 1.807) is 13.2 Å². The lowest BCUT2D eigenvalue weighted by Crippen LogP contribution is -2.31. The quantitative estimate of drug-likeness (QED) is 0.373. The SMILES string of the molecule is COc1ccc(CCO)cc1C(C)Nc1ncc(C(=O)NCC2CCC(CCO)CC2)cc1Cl. The molecule has 1 fully saturated rings. The highest BCUT2D eigenvalue weighted by Crippen LogP contribution is 2.32. The Morgan fingerprint density at radius 1 is 1.18 bits per heavy atom. The fraction of sp³-hybridized carbons (Fsp3) is 0.538. The number of amides is 1. The van der Waals surface area contributed by atoms with Gasteiger partial charge in [-0.3, -0.25) is 4.79 Å². The molecule has 4 N–H and O–H groups in total. The van der Waals surface area contributed by atoms with Crippen LogP contribution in [0.4, 0.5) is 5.82 Å². The second kappa shape index (κ2) is 12.9. The van der Waals surface area contributed by atoms with E-state index in [4.69, 9.17) is 21.4 Å². The average Bonchev–Trinajstić information content (AvgIpc) is 2.85. The number of nitrogens with zero attached hydrogens (tertiary/aromatic N) is 1. The number of benzene rings is 1. The largest absolute Gasteiger partial charge is 0.496 e. The van der Waals surface area contributed by atoms with E-state index in [1.165, 1.54) is 6.20 Å². The van der Waals surface area contributed by atoms with Gasteiger partial charge in [0, 0.05) is 31.5 Å². The van der Waals surface area contributed by atoms with Crippen LogP contribution in [0.3, 0.4) is 0 Å². The van der Waals surface area contributed by atoms with Crippen molar-refractivity contribution in [3.05, 3.63) is 52.2 Å². The van der Waals surface area contributed by atoms with Crippen molar-refractivity contribution < 1.29 is 19.7 Å². The molecule has 0 radical (unpaired) electrons. The van der Waals surface area contributed by atoms with E-state index in [0.29, 0.717) is 41.2 Å². The second-order valence-corrected chi connectivity index (χ2v) is 9.49. The first kappa shape index (κ1) is 26.3. The fourth-order valence-electron chi connectivity index (χ4n) is 4.60. The monoisotopic (exact) mass is 489 g/mol. The summed E-state index contributed by atoms with van der Waals surface area (Å²) in [6.45, 7) is 2.96. The molecule has 7 nitrogen and oxygen atoms in total. The van der Waals surface area contributed by atoms with Crippen molar-refractivity contribution in [3.63, 3.8) is 0 Å². The van der Waals surface area contributed by atoms with Crippen LogP contribution in [0.25, 0.3) is 0 Å². The van der Waals surface area contributed by atoms with Crippen molar-refractivity contribution in [1.82, 2.24) is 10.3 Å². The molecule has 3 rings (SSSR count). The fourth-order valence-corrected chi connectivity index (χ4v) is 4.82. The molecule has 1 saturated carbocycles. The number of aliphatic hydroxyl groups excluding tert-OH is 2. The lowest BCUT2D eigenvalue weighted by Gasteiger charge is -2.28. The Bertz CT molecular complexity index is 948. The van der Waals surface area contributed by atoms with E-state index in [9.17, 15) is 9.90 Å². The molecular formula is C26H36ClN3O4. The van der Waals surface area contributed by atoms with Crippen molar-refractivity contribution in [1.29, 1.82) is 0 Å². The van der Waals surface area contributed by atoms with Crippen molar-refractivity contribution in [2.24, 2.45) is 11.8 Å². The smallest absolute Gasteiger partial charge is 0.252 e. The average molecular weight is 490 g/mol. The second-order valence-electron chi connectivity index (χ2n) is 9.08. The summed E-state index contributed by atoms with van der Waals surface area (Å²) < 4.78 is 5.49. The molecule has 1 unspecified atom stereocenters. The molecule has 0 saturated heterocycles. The summed E-state index contributed by atoms with van der Waals surface area (Å²) in [5, 5.41) is 25.0. The van der Waals surface area contributed by atoms with Gasteiger partial charge in [-0.15, -0.1) is 0 Å². The van der Waals surface area contributed by atoms with Gasteiger partial charge >= 0.3 is 0 Å². The Morgan fingerprint density at radius 3 is 2.56 bits per heavy atom. The highest BCUT2D eigenvalue weighted by atomic mass is 35.5. The Morgan fingerprint density at radius 2 is 1.91 bits per heavy atom. The number of anilines is 1. The lowest BCUT2D eigenvalue weighted by atomic mass is 9.80. The summed E-state index contributed by atoms with van der Waals surface area (Å²) in [6.07, 6.45) is 7.36. The number of ether oxygens (including phenoxy) is 1. The number of halogens is 1. The van der Waals surface area contributed by atoms with Crippen LogP contribution in [-0.4, -0.2) is 48.0 Å². The first-order valence-corrected chi connectivity index (χ1v) is 12.4. The zero-order valence-corrected chi connectivity index (χ0v) is 20.8. The van der Waals surface area contributed by atoms with Crippen LogP contribution >= 0.6 is 11.6 Å².